The first-order valence-corrected chi connectivity index (χ1v) is 11.1. The molecule has 4 aromatic rings. The third-order valence-corrected chi connectivity index (χ3v) is 6.16. The number of ether oxygens (including phenoxy) is 1. The molecule has 2 N–H and O–H groups in total. The van der Waals surface area contributed by atoms with Crippen LogP contribution in [0.2, 0.25) is 0 Å². The maximum atomic E-state index is 13.8. The monoisotopic (exact) mass is 453 g/mol. The summed E-state index contributed by atoms with van der Waals surface area (Å²) in [6.45, 7) is 2.64. The van der Waals surface area contributed by atoms with Gasteiger partial charge in [-0.25, -0.2) is 9.97 Å². The van der Waals surface area contributed by atoms with Crippen LogP contribution in [-0.2, 0) is 4.74 Å². The Morgan fingerprint density at radius 3 is 3.00 bits per heavy atom. The Bertz CT molecular complexity index is 1230. The Balaban J connectivity index is 1.41. The molecule has 0 spiro atoms. The van der Waals surface area contributed by atoms with E-state index < -0.39 is 5.95 Å². The van der Waals surface area contributed by atoms with Gasteiger partial charge in [0.2, 0.25) is 5.95 Å². The van der Waals surface area contributed by atoms with E-state index in [0.717, 1.165) is 18.4 Å². The molecule has 0 aromatic carbocycles. The standard InChI is InChI=1S/C21H20FN7O2S/c1-2-31-14-6-13(7-14)29-10-16(19(28-29)15-4-3-5-18(22)25-15)26-20(30)17-11-32-21(27-17)12-8-23-24-9-12/h3-5,8-11,13-14H,2,6-7H2,1H3,(H,23,24)(H,26,30). The van der Waals surface area contributed by atoms with Gasteiger partial charge in [-0.05, 0) is 31.9 Å². The third kappa shape index (κ3) is 4.04. The number of pyridine rings is 1. The van der Waals surface area contributed by atoms with E-state index in [1.165, 1.54) is 17.4 Å². The topological polar surface area (TPSA) is 111 Å². The van der Waals surface area contributed by atoms with Crippen LogP contribution in [-0.4, -0.2) is 48.6 Å². The molecule has 0 saturated heterocycles. The number of H-pyrrole nitrogens is 1. The van der Waals surface area contributed by atoms with E-state index in [0.29, 0.717) is 28.7 Å². The molecule has 11 heteroatoms. The molecule has 0 unspecified atom stereocenters. The number of carbonyl (C=O) groups excluding carboxylic acids is 1. The maximum absolute atomic E-state index is 13.8. The molecule has 0 radical (unpaired) electrons. The van der Waals surface area contributed by atoms with Gasteiger partial charge in [0.05, 0.1) is 29.7 Å². The molecule has 1 amide bonds. The van der Waals surface area contributed by atoms with Crippen LogP contribution >= 0.6 is 11.3 Å². The van der Waals surface area contributed by atoms with Gasteiger partial charge < -0.3 is 10.1 Å². The lowest BCUT2D eigenvalue weighted by atomic mass is 9.89. The van der Waals surface area contributed by atoms with Crippen molar-refractivity contribution in [2.45, 2.75) is 31.9 Å². The van der Waals surface area contributed by atoms with Crippen LogP contribution in [0.5, 0.6) is 0 Å². The summed E-state index contributed by atoms with van der Waals surface area (Å²) in [7, 11) is 0. The summed E-state index contributed by atoms with van der Waals surface area (Å²) in [4.78, 5) is 21.2. The second kappa shape index (κ2) is 8.60. The number of rotatable bonds is 7. The molecule has 1 aliphatic rings. The molecule has 4 aromatic heterocycles. The molecule has 5 rings (SSSR count). The Labute approximate surface area is 186 Å². The van der Waals surface area contributed by atoms with E-state index in [4.69, 9.17) is 4.74 Å². The van der Waals surface area contributed by atoms with E-state index in [9.17, 15) is 9.18 Å². The normalized spacial score (nSPS) is 17.8. The van der Waals surface area contributed by atoms with Crippen molar-refractivity contribution in [3.63, 3.8) is 0 Å². The zero-order valence-corrected chi connectivity index (χ0v) is 18.0. The number of nitrogens with zero attached hydrogens (tertiary/aromatic N) is 5. The Morgan fingerprint density at radius 1 is 1.38 bits per heavy atom. The van der Waals surface area contributed by atoms with E-state index in [1.54, 1.807) is 40.8 Å². The molecular weight excluding hydrogens is 433 g/mol. The number of amides is 1. The predicted octanol–water partition coefficient (Wildman–Crippen LogP) is 3.92. The Kier molecular flexibility index (Phi) is 5.50. The summed E-state index contributed by atoms with van der Waals surface area (Å²) in [5.41, 5.74) is 2.28. The van der Waals surface area contributed by atoms with Crippen molar-refractivity contribution in [2.75, 3.05) is 11.9 Å². The lowest BCUT2D eigenvalue weighted by Crippen LogP contribution is -2.33. The van der Waals surface area contributed by atoms with E-state index >= 15 is 0 Å². The number of anilines is 1. The number of aromatic amines is 1. The SMILES string of the molecule is CCOC1CC(n2cc(NC(=O)c3csc(-c4cn[nH]c4)n3)c(-c3cccc(F)n3)n2)C1. The largest absolute Gasteiger partial charge is 0.378 e. The van der Waals surface area contributed by atoms with Crippen LogP contribution in [0.3, 0.4) is 0 Å². The highest BCUT2D eigenvalue weighted by molar-refractivity contribution is 7.13. The molecule has 32 heavy (non-hydrogen) atoms. The fraction of sp³-hybridized carbons (Fsp3) is 0.286. The van der Waals surface area contributed by atoms with E-state index in [1.807, 2.05) is 6.92 Å². The number of thiazole rings is 1. The molecule has 0 bridgehead atoms. The van der Waals surface area contributed by atoms with Gasteiger partial charge in [0.1, 0.15) is 16.4 Å². The molecular formula is C21H20FN7O2S. The smallest absolute Gasteiger partial charge is 0.275 e. The summed E-state index contributed by atoms with van der Waals surface area (Å²) < 4.78 is 21.2. The highest BCUT2D eigenvalue weighted by Crippen LogP contribution is 2.37. The highest BCUT2D eigenvalue weighted by atomic mass is 32.1. The molecule has 9 nitrogen and oxygen atoms in total. The van der Waals surface area contributed by atoms with Gasteiger partial charge in [0, 0.05) is 29.9 Å². The Hall–Kier alpha value is -3.44. The molecule has 1 aliphatic carbocycles. The maximum Gasteiger partial charge on any atom is 0.275 e. The minimum absolute atomic E-state index is 0.150. The average molecular weight is 454 g/mol. The molecule has 1 saturated carbocycles. The van der Waals surface area contributed by atoms with Crippen molar-refractivity contribution >= 4 is 22.9 Å². The molecule has 1 fully saturated rings. The number of hydrogen-bond acceptors (Lipinski definition) is 7. The van der Waals surface area contributed by atoms with Gasteiger partial charge in [-0.3, -0.25) is 14.6 Å². The number of halogens is 1. The summed E-state index contributed by atoms with van der Waals surface area (Å²) in [6, 6.07) is 4.64. The molecule has 164 valence electrons. The van der Waals surface area contributed by atoms with Crippen molar-refractivity contribution in [2.24, 2.45) is 0 Å². The zero-order valence-electron chi connectivity index (χ0n) is 17.2. The van der Waals surface area contributed by atoms with Crippen LogP contribution in [0, 0.1) is 5.95 Å². The lowest BCUT2D eigenvalue weighted by Gasteiger charge is -2.34. The summed E-state index contributed by atoms with van der Waals surface area (Å²) in [6.07, 6.45) is 6.99. The first-order valence-electron chi connectivity index (χ1n) is 10.2. The summed E-state index contributed by atoms with van der Waals surface area (Å²) in [5.74, 6) is -0.993. The van der Waals surface area contributed by atoms with E-state index in [-0.39, 0.29) is 23.7 Å². The third-order valence-electron chi connectivity index (χ3n) is 5.27. The van der Waals surface area contributed by atoms with Gasteiger partial charge in [-0.1, -0.05) is 6.07 Å². The van der Waals surface area contributed by atoms with Gasteiger partial charge in [-0.15, -0.1) is 11.3 Å². The highest BCUT2D eigenvalue weighted by Gasteiger charge is 2.32. The van der Waals surface area contributed by atoms with Crippen molar-refractivity contribution in [1.82, 2.24) is 29.9 Å². The predicted molar refractivity (Wildman–Crippen MR) is 117 cm³/mol. The average Bonchev–Trinajstić information content (AvgIpc) is 3.50. The molecule has 0 atom stereocenters. The molecule has 4 heterocycles. The van der Waals surface area contributed by atoms with Gasteiger partial charge >= 0.3 is 0 Å². The van der Waals surface area contributed by atoms with Crippen molar-refractivity contribution in [1.29, 1.82) is 0 Å². The minimum Gasteiger partial charge on any atom is -0.378 e. The number of carbonyl (C=O) groups is 1. The van der Waals surface area contributed by atoms with Gasteiger partial charge in [-0.2, -0.15) is 14.6 Å². The summed E-state index contributed by atoms with van der Waals surface area (Å²) in [5, 5.41) is 16.5. The quantitative estimate of drug-likeness (QED) is 0.410. The Morgan fingerprint density at radius 2 is 2.25 bits per heavy atom. The number of aromatic nitrogens is 6. The van der Waals surface area contributed by atoms with Crippen LogP contribution < -0.4 is 5.32 Å². The molecule has 0 aliphatic heterocycles. The zero-order chi connectivity index (χ0) is 22.1. The van der Waals surface area contributed by atoms with Crippen molar-refractivity contribution < 1.29 is 13.9 Å². The van der Waals surface area contributed by atoms with Crippen LogP contribution in [0.4, 0.5) is 10.1 Å². The van der Waals surface area contributed by atoms with Crippen LogP contribution in [0.15, 0.2) is 42.2 Å². The lowest BCUT2D eigenvalue weighted by molar-refractivity contribution is -0.0226. The fourth-order valence-electron chi connectivity index (χ4n) is 3.59. The second-order valence-electron chi connectivity index (χ2n) is 7.40. The first kappa shape index (κ1) is 20.5. The van der Waals surface area contributed by atoms with Gasteiger partial charge in [0.25, 0.3) is 5.91 Å². The van der Waals surface area contributed by atoms with Crippen LogP contribution in [0.1, 0.15) is 36.3 Å². The van der Waals surface area contributed by atoms with Crippen molar-refractivity contribution in [3.8, 4) is 22.0 Å². The summed E-state index contributed by atoms with van der Waals surface area (Å²) >= 11 is 1.35. The van der Waals surface area contributed by atoms with Crippen molar-refractivity contribution in [3.05, 3.63) is 53.8 Å². The number of hydrogen-bond donors (Lipinski definition) is 2. The minimum atomic E-state index is -0.612. The first-order chi connectivity index (χ1) is 15.6. The van der Waals surface area contributed by atoms with Crippen LogP contribution in [0.25, 0.3) is 22.0 Å². The fourth-order valence-corrected chi connectivity index (χ4v) is 4.37. The number of nitrogens with one attached hydrogen (secondary N) is 2. The van der Waals surface area contributed by atoms with E-state index in [2.05, 4.69) is 30.6 Å². The van der Waals surface area contributed by atoms with Gasteiger partial charge in [0.15, 0.2) is 0 Å². The second-order valence-corrected chi connectivity index (χ2v) is 8.26.